The summed E-state index contributed by atoms with van der Waals surface area (Å²) in [5.74, 6) is 0.600. The van der Waals surface area contributed by atoms with E-state index in [2.05, 4.69) is 5.10 Å². The number of carbonyl (C=O) groups is 2. The number of piperidine rings is 1. The highest BCUT2D eigenvalue weighted by Crippen LogP contribution is 2.42. The predicted octanol–water partition coefficient (Wildman–Crippen LogP) is 2.42. The topological polar surface area (TPSA) is 120 Å². The van der Waals surface area contributed by atoms with Crippen molar-refractivity contribution in [2.45, 2.75) is 26.2 Å². The van der Waals surface area contributed by atoms with Gasteiger partial charge in [-0.15, -0.1) is 0 Å². The molecule has 11 nitrogen and oxygen atoms in total. The second-order valence-corrected chi connectivity index (χ2v) is 9.00. The number of aryl methyl sites for hydroxylation is 2. The van der Waals surface area contributed by atoms with Crippen LogP contribution in [0.2, 0.25) is 0 Å². The van der Waals surface area contributed by atoms with Gasteiger partial charge in [-0.05, 0) is 49.8 Å². The molecule has 0 radical (unpaired) electrons. The molecule has 3 heterocycles. The monoisotopic (exact) mass is 471 g/mol. The molecule has 0 saturated carbocycles. The molecule has 0 bridgehead atoms. The van der Waals surface area contributed by atoms with E-state index in [1.54, 1.807) is 37.3 Å². The van der Waals surface area contributed by atoms with Crippen molar-refractivity contribution < 1.29 is 24.0 Å². The number of hydrogen-bond donors (Lipinski definition) is 0. The van der Waals surface area contributed by atoms with Gasteiger partial charge in [0.05, 0.1) is 24.7 Å². The van der Waals surface area contributed by atoms with Crippen molar-refractivity contribution in [3.63, 3.8) is 0 Å². The Kier molecular flexibility index (Phi) is 6.20. The van der Waals surface area contributed by atoms with Crippen LogP contribution in [0, 0.1) is 22.5 Å². The summed E-state index contributed by atoms with van der Waals surface area (Å²) in [6, 6.07) is 5.15. The van der Waals surface area contributed by atoms with Crippen LogP contribution in [-0.4, -0.2) is 76.7 Å². The zero-order valence-electron chi connectivity index (χ0n) is 19.9. The van der Waals surface area contributed by atoms with Crippen LogP contribution in [0.3, 0.4) is 0 Å². The lowest BCUT2D eigenvalue weighted by molar-refractivity contribution is -0.385. The SMILES string of the molecule is COc1ccc(OC)c(C(=O)N2CCC3(CC2)CCN(C(=O)c2c([N+](=O)[O-])c(C)nn2C)C3)c1. The van der Waals surface area contributed by atoms with Crippen LogP contribution >= 0.6 is 0 Å². The van der Waals surface area contributed by atoms with E-state index in [4.69, 9.17) is 9.47 Å². The van der Waals surface area contributed by atoms with Crippen LogP contribution in [-0.2, 0) is 7.05 Å². The van der Waals surface area contributed by atoms with E-state index in [0.717, 1.165) is 19.3 Å². The minimum absolute atomic E-state index is 0.0114. The van der Waals surface area contributed by atoms with E-state index in [0.29, 0.717) is 43.2 Å². The second kappa shape index (κ2) is 8.96. The Morgan fingerprint density at radius 1 is 1.06 bits per heavy atom. The number of benzene rings is 1. The summed E-state index contributed by atoms with van der Waals surface area (Å²) in [7, 11) is 4.63. The quantitative estimate of drug-likeness (QED) is 0.485. The molecule has 0 unspecified atom stereocenters. The van der Waals surface area contributed by atoms with Crippen molar-refractivity contribution >= 4 is 17.5 Å². The van der Waals surface area contributed by atoms with E-state index in [1.807, 2.05) is 4.90 Å². The second-order valence-electron chi connectivity index (χ2n) is 9.00. The minimum Gasteiger partial charge on any atom is -0.497 e. The highest BCUT2D eigenvalue weighted by atomic mass is 16.6. The standard InChI is InChI=1S/C23H29N5O6/c1-15-19(28(31)32)20(25(2)24-15)22(30)27-12-9-23(14-27)7-10-26(11-8-23)21(29)17-13-16(33-3)5-6-18(17)34-4/h5-6,13H,7-12,14H2,1-4H3. The molecular weight excluding hydrogens is 442 g/mol. The van der Waals surface area contributed by atoms with E-state index in [9.17, 15) is 19.7 Å². The fraction of sp³-hybridized carbons (Fsp3) is 0.522. The number of carbonyl (C=O) groups excluding carboxylic acids is 2. The Hall–Kier alpha value is -3.63. The van der Waals surface area contributed by atoms with Crippen molar-refractivity contribution in [3.8, 4) is 11.5 Å². The highest BCUT2D eigenvalue weighted by Gasteiger charge is 2.45. The smallest absolute Gasteiger partial charge is 0.322 e. The Morgan fingerprint density at radius 2 is 1.71 bits per heavy atom. The van der Waals surface area contributed by atoms with Crippen LogP contribution in [0.5, 0.6) is 11.5 Å². The lowest BCUT2D eigenvalue weighted by atomic mass is 9.77. The number of nitro groups is 1. The molecule has 0 aliphatic carbocycles. The zero-order valence-corrected chi connectivity index (χ0v) is 19.9. The van der Waals surface area contributed by atoms with E-state index < -0.39 is 4.92 Å². The summed E-state index contributed by atoms with van der Waals surface area (Å²) in [6.07, 6.45) is 2.30. The lowest BCUT2D eigenvalue weighted by Crippen LogP contribution is -2.44. The zero-order chi connectivity index (χ0) is 24.6. The molecule has 182 valence electrons. The third-order valence-electron chi connectivity index (χ3n) is 7.05. The predicted molar refractivity (Wildman–Crippen MR) is 122 cm³/mol. The van der Waals surface area contributed by atoms with Gasteiger partial charge in [0.25, 0.3) is 11.8 Å². The van der Waals surface area contributed by atoms with Crippen molar-refractivity contribution in [2.24, 2.45) is 12.5 Å². The summed E-state index contributed by atoms with van der Waals surface area (Å²) in [5, 5.41) is 15.6. The molecule has 4 rings (SSSR count). The number of methoxy groups -OCH3 is 2. The molecular formula is C23H29N5O6. The highest BCUT2D eigenvalue weighted by molar-refractivity contribution is 5.98. The number of aromatic nitrogens is 2. The maximum atomic E-state index is 13.2. The fourth-order valence-corrected chi connectivity index (χ4v) is 5.11. The van der Waals surface area contributed by atoms with Crippen LogP contribution in [0.15, 0.2) is 18.2 Å². The van der Waals surface area contributed by atoms with Crippen LogP contribution in [0.4, 0.5) is 5.69 Å². The van der Waals surface area contributed by atoms with E-state index in [1.165, 1.54) is 18.7 Å². The molecule has 0 N–H and O–H groups in total. The largest absolute Gasteiger partial charge is 0.497 e. The number of ether oxygens (including phenoxy) is 2. The first-order valence-electron chi connectivity index (χ1n) is 11.2. The van der Waals surface area contributed by atoms with Gasteiger partial charge in [-0.3, -0.25) is 24.4 Å². The summed E-state index contributed by atoms with van der Waals surface area (Å²) >= 11 is 0. The van der Waals surface area contributed by atoms with Gasteiger partial charge in [0.1, 0.15) is 17.2 Å². The Balaban J connectivity index is 1.45. The number of amides is 2. The maximum Gasteiger partial charge on any atom is 0.322 e. The average molecular weight is 472 g/mol. The maximum absolute atomic E-state index is 13.2. The summed E-state index contributed by atoms with van der Waals surface area (Å²) < 4.78 is 11.9. The third-order valence-corrected chi connectivity index (χ3v) is 7.05. The molecule has 1 aromatic heterocycles. The molecule has 2 aliphatic rings. The lowest BCUT2D eigenvalue weighted by Gasteiger charge is -2.39. The fourth-order valence-electron chi connectivity index (χ4n) is 5.11. The van der Waals surface area contributed by atoms with Crippen LogP contribution in [0.25, 0.3) is 0 Å². The Labute approximate surface area is 197 Å². The van der Waals surface area contributed by atoms with Crippen molar-refractivity contribution in [1.82, 2.24) is 19.6 Å². The summed E-state index contributed by atoms with van der Waals surface area (Å²) in [6.45, 7) is 3.69. The average Bonchev–Trinajstić information content (AvgIpc) is 3.38. The van der Waals surface area contributed by atoms with Gasteiger partial charge < -0.3 is 19.3 Å². The molecule has 2 aromatic rings. The van der Waals surface area contributed by atoms with Crippen molar-refractivity contribution in [1.29, 1.82) is 0 Å². The van der Waals surface area contributed by atoms with Gasteiger partial charge in [-0.25, -0.2) is 0 Å². The molecule has 34 heavy (non-hydrogen) atoms. The number of hydrogen-bond acceptors (Lipinski definition) is 7. The van der Waals surface area contributed by atoms with Gasteiger partial charge in [0.15, 0.2) is 0 Å². The number of rotatable bonds is 5. The van der Waals surface area contributed by atoms with Gasteiger partial charge in [-0.2, -0.15) is 5.10 Å². The van der Waals surface area contributed by atoms with Crippen LogP contribution < -0.4 is 9.47 Å². The molecule has 2 fully saturated rings. The van der Waals surface area contributed by atoms with Crippen molar-refractivity contribution in [3.05, 3.63) is 45.3 Å². The van der Waals surface area contributed by atoms with E-state index in [-0.39, 0.29) is 34.3 Å². The molecule has 1 aromatic carbocycles. The first-order valence-corrected chi connectivity index (χ1v) is 11.2. The minimum atomic E-state index is -0.543. The molecule has 11 heteroatoms. The number of nitrogens with zero attached hydrogens (tertiary/aromatic N) is 5. The Bertz CT molecular complexity index is 1140. The molecule has 0 atom stereocenters. The summed E-state index contributed by atoms with van der Waals surface area (Å²) in [5.41, 5.74) is 0.357. The normalized spacial score (nSPS) is 17.2. The molecule has 1 spiro atoms. The molecule has 2 saturated heterocycles. The van der Waals surface area contributed by atoms with Gasteiger partial charge in [0, 0.05) is 33.2 Å². The first-order chi connectivity index (χ1) is 16.2. The first kappa shape index (κ1) is 23.5. The van der Waals surface area contributed by atoms with Gasteiger partial charge in [0.2, 0.25) is 5.69 Å². The van der Waals surface area contributed by atoms with E-state index >= 15 is 0 Å². The molecule has 2 aliphatic heterocycles. The van der Waals surface area contributed by atoms with Gasteiger partial charge >= 0.3 is 5.69 Å². The van der Waals surface area contributed by atoms with Crippen LogP contribution in [0.1, 0.15) is 45.8 Å². The summed E-state index contributed by atoms with van der Waals surface area (Å²) in [4.78, 5) is 40.8. The van der Waals surface area contributed by atoms with Crippen molar-refractivity contribution in [2.75, 3.05) is 40.4 Å². The number of likely N-dealkylation sites (tertiary alicyclic amines) is 2. The Morgan fingerprint density at radius 3 is 2.29 bits per heavy atom. The van der Waals surface area contributed by atoms with Gasteiger partial charge in [-0.1, -0.05) is 0 Å². The third kappa shape index (κ3) is 4.06. The molecule has 2 amide bonds.